The van der Waals surface area contributed by atoms with Gasteiger partial charge in [0.25, 0.3) is 0 Å². The number of hydrogen-bond acceptors (Lipinski definition) is 2. The highest BCUT2D eigenvalue weighted by atomic mass is 16.1. The van der Waals surface area contributed by atoms with Crippen molar-refractivity contribution < 1.29 is 4.79 Å². The van der Waals surface area contributed by atoms with Gasteiger partial charge in [-0.15, -0.1) is 0 Å². The molecule has 0 fully saturated rings. The van der Waals surface area contributed by atoms with Crippen LogP contribution in [0.1, 0.15) is 16.8 Å². The zero-order valence-electron chi connectivity index (χ0n) is 9.58. The molecule has 1 aromatic heterocycles. The number of amides is 1. The number of aromatic nitrogens is 2. The van der Waals surface area contributed by atoms with Crippen LogP contribution in [-0.4, -0.2) is 16.1 Å². The second kappa shape index (κ2) is 3.73. The summed E-state index contributed by atoms with van der Waals surface area (Å²) in [5.74, 6) is 0.0623. The number of aryl methyl sites for hydroxylation is 1. The third kappa shape index (κ3) is 1.71. The molecular weight excluding hydrogens is 214 g/mol. The van der Waals surface area contributed by atoms with E-state index < -0.39 is 0 Å². The van der Waals surface area contributed by atoms with E-state index in [4.69, 9.17) is 0 Å². The fraction of sp³-hybridized carbons (Fsp3) is 0.231. The van der Waals surface area contributed by atoms with Crippen molar-refractivity contribution in [3.05, 3.63) is 41.1 Å². The van der Waals surface area contributed by atoms with E-state index in [0.717, 1.165) is 22.5 Å². The van der Waals surface area contributed by atoms with Crippen molar-refractivity contribution in [1.29, 1.82) is 0 Å². The van der Waals surface area contributed by atoms with Gasteiger partial charge in [-0.25, -0.2) is 0 Å². The summed E-state index contributed by atoms with van der Waals surface area (Å²) in [5.41, 5.74) is 5.21. The first kappa shape index (κ1) is 10.1. The van der Waals surface area contributed by atoms with Gasteiger partial charge in [-0.05, 0) is 6.92 Å². The summed E-state index contributed by atoms with van der Waals surface area (Å²) in [7, 11) is 0. The number of fused-ring (bicyclic) bond motifs is 1. The van der Waals surface area contributed by atoms with Crippen molar-refractivity contribution in [2.75, 3.05) is 0 Å². The van der Waals surface area contributed by atoms with Crippen LogP contribution in [-0.2, 0) is 17.8 Å². The smallest absolute Gasteiger partial charge is 0.224 e. The molecule has 1 aromatic carbocycles. The number of H-pyrrole nitrogens is 1. The molecular formula is C13H13N3O. The molecule has 0 saturated carbocycles. The van der Waals surface area contributed by atoms with Crippen LogP contribution >= 0.6 is 0 Å². The van der Waals surface area contributed by atoms with E-state index in [-0.39, 0.29) is 5.91 Å². The minimum atomic E-state index is 0.0623. The Balaban J connectivity index is 2.07. The fourth-order valence-corrected chi connectivity index (χ4v) is 2.10. The molecule has 1 aliphatic heterocycles. The highest BCUT2D eigenvalue weighted by Crippen LogP contribution is 2.26. The summed E-state index contributed by atoms with van der Waals surface area (Å²) in [6.07, 6.45) is 0.412. The van der Waals surface area contributed by atoms with Crippen molar-refractivity contribution in [3.63, 3.8) is 0 Å². The first-order valence-electron chi connectivity index (χ1n) is 5.64. The normalized spacial score (nSPS) is 14.3. The molecule has 0 bridgehead atoms. The minimum absolute atomic E-state index is 0.0623. The van der Waals surface area contributed by atoms with Crippen LogP contribution in [0.3, 0.4) is 0 Å². The maximum Gasteiger partial charge on any atom is 0.224 e. The van der Waals surface area contributed by atoms with Crippen molar-refractivity contribution in [2.24, 2.45) is 0 Å². The van der Waals surface area contributed by atoms with Gasteiger partial charge in [0.15, 0.2) is 0 Å². The van der Waals surface area contributed by atoms with E-state index in [1.165, 1.54) is 5.56 Å². The van der Waals surface area contributed by atoms with Crippen LogP contribution < -0.4 is 5.32 Å². The molecule has 3 rings (SSSR count). The number of rotatable bonds is 1. The van der Waals surface area contributed by atoms with Crippen LogP contribution in [0.4, 0.5) is 0 Å². The van der Waals surface area contributed by atoms with Gasteiger partial charge < -0.3 is 5.32 Å². The van der Waals surface area contributed by atoms with E-state index in [0.29, 0.717) is 13.0 Å². The first-order valence-corrected chi connectivity index (χ1v) is 5.64. The van der Waals surface area contributed by atoms with Gasteiger partial charge in [0.1, 0.15) is 0 Å². The van der Waals surface area contributed by atoms with E-state index >= 15 is 0 Å². The molecule has 0 atom stereocenters. The molecule has 0 aliphatic carbocycles. The van der Waals surface area contributed by atoms with Crippen molar-refractivity contribution in [2.45, 2.75) is 19.9 Å². The average Bonchev–Trinajstić information content (AvgIpc) is 2.73. The molecule has 0 radical (unpaired) electrons. The van der Waals surface area contributed by atoms with E-state index in [1.807, 2.05) is 12.1 Å². The maximum absolute atomic E-state index is 11.4. The summed E-state index contributed by atoms with van der Waals surface area (Å²) in [5, 5.41) is 10.1. The van der Waals surface area contributed by atoms with Gasteiger partial charge >= 0.3 is 0 Å². The Labute approximate surface area is 99.1 Å². The van der Waals surface area contributed by atoms with Gasteiger partial charge in [-0.2, -0.15) is 5.10 Å². The highest BCUT2D eigenvalue weighted by Gasteiger charge is 2.21. The second-order valence-electron chi connectivity index (χ2n) is 4.35. The van der Waals surface area contributed by atoms with Crippen LogP contribution in [0.5, 0.6) is 0 Å². The van der Waals surface area contributed by atoms with E-state index in [2.05, 4.69) is 34.6 Å². The lowest BCUT2D eigenvalue weighted by atomic mass is 10.00. The standard InChI is InChI=1S/C13H13N3O/c1-8-2-4-9(5-3-8)13-10-6-12(17)14-7-11(10)15-16-13/h2-5H,6-7H2,1H3,(H,14,17)(H,15,16). The molecule has 2 N–H and O–H groups in total. The Morgan fingerprint density at radius 3 is 2.76 bits per heavy atom. The number of nitrogens with zero attached hydrogens (tertiary/aromatic N) is 1. The summed E-state index contributed by atoms with van der Waals surface area (Å²) >= 11 is 0. The van der Waals surface area contributed by atoms with Crippen LogP contribution in [0.15, 0.2) is 24.3 Å². The highest BCUT2D eigenvalue weighted by molar-refractivity contribution is 5.83. The quantitative estimate of drug-likeness (QED) is 0.776. The molecule has 0 saturated heterocycles. The Morgan fingerprint density at radius 2 is 2.00 bits per heavy atom. The Morgan fingerprint density at radius 1 is 1.24 bits per heavy atom. The molecule has 86 valence electrons. The van der Waals surface area contributed by atoms with Crippen molar-refractivity contribution in [1.82, 2.24) is 15.5 Å². The van der Waals surface area contributed by atoms with Crippen LogP contribution in [0, 0.1) is 6.92 Å². The summed E-state index contributed by atoms with van der Waals surface area (Å²) in [4.78, 5) is 11.4. The number of benzene rings is 1. The zero-order valence-corrected chi connectivity index (χ0v) is 9.58. The van der Waals surface area contributed by atoms with Crippen LogP contribution in [0.2, 0.25) is 0 Å². The molecule has 1 aliphatic rings. The van der Waals surface area contributed by atoms with Gasteiger partial charge in [0, 0.05) is 11.1 Å². The Kier molecular flexibility index (Phi) is 2.21. The molecule has 4 nitrogen and oxygen atoms in total. The molecule has 2 aromatic rings. The Hall–Kier alpha value is -2.10. The zero-order chi connectivity index (χ0) is 11.8. The van der Waals surface area contributed by atoms with Gasteiger partial charge in [-0.1, -0.05) is 29.8 Å². The van der Waals surface area contributed by atoms with Crippen molar-refractivity contribution in [3.8, 4) is 11.3 Å². The number of carbonyl (C=O) groups is 1. The van der Waals surface area contributed by atoms with E-state index in [1.54, 1.807) is 0 Å². The number of hydrogen-bond donors (Lipinski definition) is 2. The largest absolute Gasteiger partial charge is 0.350 e. The van der Waals surface area contributed by atoms with Gasteiger partial charge in [-0.3, -0.25) is 9.89 Å². The predicted molar refractivity (Wildman–Crippen MR) is 64.3 cm³/mol. The summed E-state index contributed by atoms with van der Waals surface area (Å²) in [6.45, 7) is 2.60. The molecule has 0 spiro atoms. The lowest BCUT2D eigenvalue weighted by Crippen LogP contribution is -2.30. The lowest BCUT2D eigenvalue weighted by Gasteiger charge is -2.12. The van der Waals surface area contributed by atoms with Crippen molar-refractivity contribution >= 4 is 5.91 Å². The third-order valence-electron chi connectivity index (χ3n) is 3.08. The molecule has 0 unspecified atom stereocenters. The van der Waals surface area contributed by atoms with Crippen LogP contribution in [0.25, 0.3) is 11.3 Å². The summed E-state index contributed by atoms with van der Waals surface area (Å²) in [6, 6.07) is 8.19. The minimum Gasteiger partial charge on any atom is -0.350 e. The number of carbonyl (C=O) groups excluding carboxylic acids is 1. The predicted octanol–water partition coefficient (Wildman–Crippen LogP) is 1.56. The average molecular weight is 227 g/mol. The lowest BCUT2D eigenvalue weighted by molar-refractivity contribution is -0.121. The monoisotopic (exact) mass is 227 g/mol. The first-order chi connectivity index (χ1) is 8.24. The van der Waals surface area contributed by atoms with Gasteiger partial charge in [0.2, 0.25) is 5.91 Å². The SMILES string of the molecule is Cc1ccc(-c2n[nH]c3c2CC(=O)NC3)cc1. The third-order valence-corrected chi connectivity index (χ3v) is 3.08. The Bertz CT molecular complexity index is 569. The molecule has 17 heavy (non-hydrogen) atoms. The fourth-order valence-electron chi connectivity index (χ4n) is 2.10. The van der Waals surface area contributed by atoms with Gasteiger partial charge in [0.05, 0.1) is 24.4 Å². The topological polar surface area (TPSA) is 57.8 Å². The maximum atomic E-state index is 11.4. The molecule has 4 heteroatoms. The van der Waals surface area contributed by atoms with E-state index in [9.17, 15) is 4.79 Å². The summed E-state index contributed by atoms with van der Waals surface area (Å²) < 4.78 is 0. The molecule has 2 heterocycles. The number of aromatic amines is 1. The number of nitrogens with one attached hydrogen (secondary N) is 2. The second-order valence-corrected chi connectivity index (χ2v) is 4.35. The molecule has 1 amide bonds.